The number of phenolic OH excluding ortho intramolecular Hbond substituents is 1. The normalized spacial score (nSPS) is 9.33. The lowest BCUT2D eigenvalue weighted by Gasteiger charge is -2.09. The van der Waals surface area contributed by atoms with Crippen LogP contribution in [-0.2, 0) is 0 Å². The van der Waals surface area contributed by atoms with Crippen LogP contribution in [0.3, 0.4) is 0 Å². The molecule has 27 heavy (non-hydrogen) atoms. The fourth-order valence-corrected chi connectivity index (χ4v) is 1.25. The Bertz CT molecular complexity index is 456. The van der Waals surface area contributed by atoms with E-state index in [2.05, 4.69) is 27.7 Å². The summed E-state index contributed by atoms with van der Waals surface area (Å²) >= 11 is 0. The van der Waals surface area contributed by atoms with Crippen molar-refractivity contribution >= 4 is 0 Å². The standard InChI is InChI=1S/C10H14O2.C6H6O.2C3H8.C2H6/c1-2-9(11)8-12-10-6-4-3-5-7-10;7-6-4-2-1-3-5-6;2*1-3-2;1-2/h3-7,9,11H,2,8H2,1H3;1-5,7H;2*3H2,1-2H3;1-2H3. The van der Waals surface area contributed by atoms with E-state index in [4.69, 9.17) is 9.84 Å². The van der Waals surface area contributed by atoms with Crippen molar-refractivity contribution in [2.45, 2.75) is 73.8 Å². The minimum absolute atomic E-state index is 0.322. The van der Waals surface area contributed by atoms with Gasteiger partial charge in [-0.3, -0.25) is 0 Å². The second-order valence-corrected chi connectivity index (χ2v) is 5.44. The number of aromatic hydroxyl groups is 1. The molecule has 0 heterocycles. The number of ether oxygens (including phenoxy) is 1. The van der Waals surface area contributed by atoms with Crippen LogP contribution in [0.15, 0.2) is 60.7 Å². The predicted octanol–water partition coefficient (Wildman–Crippen LogP) is 7.09. The van der Waals surface area contributed by atoms with Gasteiger partial charge in [0, 0.05) is 0 Å². The summed E-state index contributed by atoms with van der Waals surface area (Å²) in [7, 11) is 0. The first kappa shape index (κ1) is 29.8. The van der Waals surface area contributed by atoms with E-state index in [9.17, 15) is 5.11 Å². The van der Waals surface area contributed by atoms with Crippen molar-refractivity contribution in [3.63, 3.8) is 0 Å². The maximum absolute atomic E-state index is 9.19. The lowest BCUT2D eigenvalue weighted by atomic mass is 10.3. The van der Waals surface area contributed by atoms with Gasteiger partial charge in [0.05, 0.1) is 6.10 Å². The molecule has 156 valence electrons. The number of aliphatic hydroxyl groups is 1. The summed E-state index contributed by atoms with van der Waals surface area (Å²) in [4.78, 5) is 0. The monoisotopic (exact) mass is 378 g/mol. The van der Waals surface area contributed by atoms with Crippen LogP contribution in [-0.4, -0.2) is 22.9 Å². The molecule has 0 aliphatic rings. The topological polar surface area (TPSA) is 49.7 Å². The van der Waals surface area contributed by atoms with E-state index in [0.717, 1.165) is 12.2 Å². The van der Waals surface area contributed by atoms with Gasteiger partial charge in [0.1, 0.15) is 18.1 Å². The summed E-state index contributed by atoms with van der Waals surface area (Å²) in [6.07, 6.45) is 2.87. The largest absolute Gasteiger partial charge is 0.508 e. The molecule has 0 spiro atoms. The van der Waals surface area contributed by atoms with E-state index in [1.54, 1.807) is 24.3 Å². The molecule has 0 bridgehead atoms. The number of hydrogen-bond acceptors (Lipinski definition) is 3. The molecule has 2 N–H and O–H groups in total. The van der Waals surface area contributed by atoms with E-state index >= 15 is 0 Å². The molecule has 0 radical (unpaired) electrons. The number of para-hydroxylation sites is 2. The highest BCUT2D eigenvalue weighted by atomic mass is 16.5. The molecule has 0 aliphatic carbocycles. The summed E-state index contributed by atoms with van der Waals surface area (Å²) in [5.41, 5.74) is 0. The van der Waals surface area contributed by atoms with Gasteiger partial charge in [-0.15, -0.1) is 0 Å². The summed E-state index contributed by atoms with van der Waals surface area (Å²) in [6, 6.07) is 18.2. The van der Waals surface area contributed by atoms with Crippen LogP contribution < -0.4 is 4.74 Å². The zero-order valence-corrected chi connectivity index (χ0v) is 18.5. The summed E-state index contributed by atoms with van der Waals surface area (Å²) in [5.74, 6) is 1.13. The minimum Gasteiger partial charge on any atom is -0.508 e. The maximum Gasteiger partial charge on any atom is 0.119 e. The molecular weight excluding hydrogens is 336 g/mol. The van der Waals surface area contributed by atoms with Crippen LogP contribution in [0, 0.1) is 0 Å². The second-order valence-electron chi connectivity index (χ2n) is 5.44. The van der Waals surface area contributed by atoms with Gasteiger partial charge in [0.2, 0.25) is 0 Å². The first-order valence-corrected chi connectivity index (χ1v) is 10.1. The van der Waals surface area contributed by atoms with E-state index in [1.165, 1.54) is 12.8 Å². The van der Waals surface area contributed by atoms with Crippen molar-refractivity contribution in [1.82, 2.24) is 0 Å². The summed E-state index contributed by atoms with van der Waals surface area (Å²) in [5, 5.41) is 17.8. The van der Waals surface area contributed by atoms with Crippen LogP contribution in [0.4, 0.5) is 0 Å². The third-order valence-electron chi connectivity index (χ3n) is 2.41. The van der Waals surface area contributed by atoms with Crippen molar-refractivity contribution in [2.75, 3.05) is 6.61 Å². The molecule has 3 nitrogen and oxygen atoms in total. The molecule has 2 aromatic rings. The SMILES string of the molecule is CC.CCC.CCC.CCC(O)COc1ccccc1.Oc1ccccc1. The fraction of sp³-hybridized carbons (Fsp3) is 0.500. The lowest BCUT2D eigenvalue weighted by molar-refractivity contribution is 0.104. The third kappa shape index (κ3) is 26.3. The zero-order valence-electron chi connectivity index (χ0n) is 18.5. The number of hydrogen-bond donors (Lipinski definition) is 2. The van der Waals surface area contributed by atoms with E-state index in [0.29, 0.717) is 12.4 Å². The molecule has 0 amide bonds. The smallest absolute Gasteiger partial charge is 0.119 e. The Kier molecular flexibility index (Phi) is 28.9. The number of benzene rings is 2. The van der Waals surface area contributed by atoms with Gasteiger partial charge in [0.25, 0.3) is 0 Å². The molecule has 3 heteroatoms. The van der Waals surface area contributed by atoms with Crippen molar-refractivity contribution < 1.29 is 14.9 Å². The van der Waals surface area contributed by atoms with Gasteiger partial charge in [-0.05, 0) is 30.7 Å². The molecule has 2 aromatic carbocycles. The molecule has 0 aliphatic heterocycles. The number of aliphatic hydroxyl groups excluding tert-OH is 1. The van der Waals surface area contributed by atoms with E-state index in [-0.39, 0.29) is 6.10 Å². The van der Waals surface area contributed by atoms with E-state index < -0.39 is 0 Å². The lowest BCUT2D eigenvalue weighted by Crippen LogP contribution is -2.15. The van der Waals surface area contributed by atoms with E-state index in [1.807, 2.05) is 57.2 Å². The predicted molar refractivity (Wildman–Crippen MR) is 120 cm³/mol. The third-order valence-corrected chi connectivity index (χ3v) is 2.41. The number of phenols is 1. The molecule has 0 saturated heterocycles. The maximum atomic E-state index is 9.19. The Morgan fingerprint density at radius 3 is 1.41 bits per heavy atom. The first-order valence-electron chi connectivity index (χ1n) is 10.1. The van der Waals surface area contributed by atoms with Gasteiger partial charge < -0.3 is 14.9 Å². The molecule has 1 atom stereocenters. The van der Waals surface area contributed by atoms with Crippen LogP contribution in [0.1, 0.15) is 67.7 Å². The van der Waals surface area contributed by atoms with Crippen LogP contribution in [0.25, 0.3) is 0 Å². The van der Waals surface area contributed by atoms with Crippen LogP contribution in [0.2, 0.25) is 0 Å². The average Bonchev–Trinajstić information content (AvgIpc) is 2.71. The fourth-order valence-electron chi connectivity index (χ4n) is 1.25. The molecule has 0 aromatic heterocycles. The van der Waals surface area contributed by atoms with Gasteiger partial charge >= 0.3 is 0 Å². The van der Waals surface area contributed by atoms with Gasteiger partial charge in [-0.1, -0.05) is 97.7 Å². The Labute approximate surface area is 168 Å². The van der Waals surface area contributed by atoms with Crippen LogP contribution >= 0.6 is 0 Å². The van der Waals surface area contributed by atoms with Crippen molar-refractivity contribution in [3.8, 4) is 11.5 Å². The highest BCUT2D eigenvalue weighted by molar-refractivity contribution is 5.20. The molecule has 1 unspecified atom stereocenters. The van der Waals surface area contributed by atoms with Gasteiger partial charge in [-0.2, -0.15) is 0 Å². The summed E-state index contributed by atoms with van der Waals surface area (Å²) in [6.45, 7) is 14.8. The first-order chi connectivity index (χ1) is 13.0. The van der Waals surface area contributed by atoms with Crippen molar-refractivity contribution in [2.24, 2.45) is 0 Å². The van der Waals surface area contributed by atoms with Crippen LogP contribution in [0.5, 0.6) is 11.5 Å². The Balaban J connectivity index is -0.000000326. The minimum atomic E-state index is -0.356. The van der Waals surface area contributed by atoms with Crippen molar-refractivity contribution in [1.29, 1.82) is 0 Å². The Morgan fingerprint density at radius 1 is 0.741 bits per heavy atom. The van der Waals surface area contributed by atoms with Gasteiger partial charge in [-0.25, -0.2) is 0 Å². The summed E-state index contributed by atoms with van der Waals surface area (Å²) < 4.78 is 5.31. The zero-order chi connectivity index (χ0) is 21.3. The molecule has 0 saturated carbocycles. The molecule has 0 fully saturated rings. The van der Waals surface area contributed by atoms with Crippen molar-refractivity contribution in [3.05, 3.63) is 60.7 Å². The Hall–Kier alpha value is -2.00. The Morgan fingerprint density at radius 2 is 1.11 bits per heavy atom. The molecular formula is C24H42O3. The highest BCUT2D eigenvalue weighted by Gasteiger charge is 2.00. The quantitative estimate of drug-likeness (QED) is 0.597. The highest BCUT2D eigenvalue weighted by Crippen LogP contribution is 2.08. The molecule has 2 rings (SSSR count). The second kappa shape index (κ2) is 26.2. The van der Waals surface area contributed by atoms with Gasteiger partial charge in [0.15, 0.2) is 0 Å². The average molecular weight is 379 g/mol. The number of rotatable bonds is 4.